The molecular formula is C13H26O3. The first-order chi connectivity index (χ1) is 7.78. The third kappa shape index (κ3) is 7.85. The summed E-state index contributed by atoms with van der Waals surface area (Å²) in [5, 5.41) is 0. The first-order valence-electron chi connectivity index (χ1n) is 6.29. The molecule has 0 saturated carbocycles. The van der Waals surface area contributed by atoms with Crippen molar-refractivity contribution >= 4 is 0 Å². The van der Waals surface area contributed by atoms with Crippen molar-refractivity contribution in [2.45, 2.75) is 52.9 Å². The van der Waals surface area contributed by atoms with Crippen LogP contribution in [-0.4, -0.2) is 32.2 Å². The molecule has 16 heavy (non-hydrogen) atoms. The molecule has 0 radical (unpaired) electrons. The quantitative estimate of drug-likeness (QED) is 0.426. The van der Waals surface area contributed by atoms with Crippen LogP contribution in [0, 0.1) is 0 Å². The smallest absolute Gasteiger partial charge is 0.160 e. The second-order valence-electron chi connectivity index (χ2n) is 3.41. The van der Waals surface area contributed by atoms with Crippen molar-refractivity contribution in [2.24, 2.45) is 0 Å². The monoisotopic (exact) mass is 230 g/mol. The van der Waals surface area contributed by atoms with E-state index in [1.54, 1.807) is 0 Å². The van der Waals surface area contributed by atoms with Gasteiger partial charge in [-0.2, -0.15) is 0 Å². The number of hydrogen-bond donors (Lipinski definition) is 0. The molecule has 0 aromatic carbocycles. The molecule has 1 atom stereocenters. The predicted octanol–water partition coefficient (Wildman–Crippen LogP) is 3.15. The van der Waals surface area contributed by atoms with E-state index in [1.807, 2.05) is 20.8 Å². The molecular weight excluding hydrogens is 204 g/mol. The van der Waals surface area contributed by atoms with Crippen molar-refractivity contribution in [1.82, 2.24) is 0 Å². The molecule has 0 aliphatic carbocycles. The van der Waals surface area contributed by atoms with E-state index in [0.29, 0.717) is 19.8 Å². The summed E-state index contributed by atoms with van der Waals surface area (Å²) in [7, 11) is 0. The van der Waals surface area contributed by atoms with Crippen molar-refractivity contribution in [1.29, 1.82) is 0 Å². The van der Waals surface area contributed by atoms with E-state index < -0.39 is 0 Å². The minimum atomic E-state index is -0.159. The summed E-state index contributed by atoms with van der Waals surface area (Å²) in [6.45, 7) is 10.1. The third-order valence-electron chi connectivity index (χ3n) is 2.10. The van der Waals surface area contributed by atoms with E-state index in [1.165, 1.54) is 0 Å². The van der Waals surface area contributed by atoms with Gasteiger partial charge in [0.1, 0.15) is 0 Å². The van der Waals surface area contributed by atoms with Gasteiger partial charge in [0.25, 0.3) is 0 Å². The lowest BCUT2D eigenvalue weighted by Gasteiger charge is -2.21. The van der Waals surface area contributed by atoms with Gasteiger partial charge >= 0.3 is 0 Å². The largest absolute Gasteiger partial charge is 0.374 e. The van der Waals surface area contributed by atoms with Gasteiger partial charge in [0, 0.05) is 26.2 Å². The first kappa shape index (κ1) is 15.6. The van der Waals surface area contributed by atoms with Gasteiger partial charge < -0.3 is 14.2 Å². The number of rotatable bonds is 10. The summed E-state index contributed by atoms with van der Waals surface area (Å²) in [5.74, 6) is 0. The molecule has 0 aliphatic rings. The van der Waals surface area contributed by atoms with Gasteiger partial charge in [0.05, 0.1) is 6.10 Å². The maximum atomic E-state index is 5.62. The Morgan fingerprint density at radius 2 is 1.44 bits per heavy atom. The summed E-state index contributed by atoms with van der Waals surface area (Å²) in [6.07, 6.45) is 5.92. The first-order valence-corrected chi connectivity index (χ1v) is 6.29. The highest BCUT2D eigenvalue weighted by molar-refractivity contribution is 4.89. The van der Waals surface area contributed by atoms with Crippen LogP contribution >= 0.6 is 0 Å². The number of ether oxygens (including phenoxy) is 3. The lowest BCUT2D eigenvalue weighted by Crippen LogP contribution is -2.24. The number of hydrogen-bond acceptors (Lipinski definition) is 3. The lowest BCUT2D eigenvalue weighted by molar-refractivity contribution is -0.152. The third-order valence-corrected chi connectivity index (χ3v) is 2.10. The van der Waals surface area contributed by atoms with E-state index >= 15 is 0 Å². The zero-order chi connectivity index (χ0) is 12.2. The van der Waals surface area contributed by atoms with Crippen LogP contribution in [0.1, 0.15) is 40.5 Å². The Kier molecular flexibility index (Phi) is 10.9. The Morgan fingerprint density at radius 3 is 1.88 bits per heavy atom. The maximum Gasteiger partial charge on any atom is 0.160 e. The number of allylic oxidation sites excluding steroid dienone is 1. The van der Waals surface area contributed by atoms with Gasteiger partial charge in [-0.15, -0.1) is 0 Å². The minimum absolute atomic E-state index is 0.0908. The summed E-state index contributed by atoms with van der Waals surface area (Å²) in [5.41, 5.74) is 0. The minimum Gasteiger partial charge on any atom is -0.374 e. The zero-order valence-electron chi connectivity index (χ0n) is 11.1. The SMILES string of the molecule is CC/C=C\C(CC(OCC)OCC)OCC. The predicted molar refractivity (Wildman–Crippen MR) is 66.5 cm³/mol. The average Bonchev–Trinajstić information content (AvgIpc) is 2.27. The van der Waals surface area contributed by atoms with E-state index in [9.17, 15) is 0 Å². The highest BCUT2D eigenvalue weighted by atomic mass is 16.7. The Morgan fingerprint density at radius 1 is 0.875 bits per heavy atom. The van der Waals surface area contributed by atoms with Crippen LogP contribution in [0.15, 0.2) is 12.2 Å². The van der Waals surface area contributed by atoms with Crippen molar-refractivity contribution in [3.63, 3.8) is 0 Å². The Labute approximate surface area is 99.8 Å². The molecule has 0 heterocycles. The normalized spacial score (nSPS) is 13.8. The van der Waals surface area contributed by atoms with E-state index in [2.05, 4.69) is 19.1 Å². The van der Waals surface area contributed by atoms with Gasteiger partial charge in [-0.3, -0.25) is 0 Å². The molecule has 0 bridgehead atoms. The summed E-state index contributed by atoms with van der Waals surface area (Å²) >= 11 is 0. The van der Waals surface area contributed by atoms with Crippen LogP contribution < -0.4 is 0 Å². The molecule has 0 aliphatic heterocycles. The van der Waals surface area contributed by atoms with Crippen LogP contribution in [0.2, 0.25) is 0 Å². The van der Waals surface area contributed by atoms with E-state index in [0.717, 1.165) is 12.8 Å². The molecule has 96 valence electrons. The molecule has 0 saturated heterocycles. The summed E-state index contributed by atoms with van der Waals surface area (Å²) in [4.78, 5) is 0. The van der Waals surface area contributed by atoms with Gasteiger partial charge in [-0.1, -0.05) is 19.1 Å². The second kappa shape index (κ2) is 11.1. The molecule has 0 spiro atoms. The highest BCUT2D eigenvalue weighted by Gasteiger charge is 2.14. The molecule has 3 nitrogen and oxygen atoms in total. The summed E-state index contributed by atoms with van der Waals surface area (Å²) in [6, 6.07) is 0. The zero-order valence-corrected chi connectivity index (χ0v) is 11.1. The fourth-order valence-corrected chi connectivity index (χ4v) is 1.45. The van der Waals surface area contributed by atoms with Crippen molar-refractivity contribution in [3.8, 4) is 0 Å². The van der Waals surface area contributed by atoms with Gasteiger partial charge in [-0.05, 0) is 27.2 Å². The average molecular weight is 230 g/mol. The molecule has 0 amide bonds. The van der Waals surface area contributed by atoms with Crippen LogP contribution in [0.3, 0.4) is 0 Å². The highest BCUT2D eigenvalue weighted by Crippen LogP contribution is 2.10. The maximum absolute atomic E-state index is 5.62. The fourth-order valence-electron chi connectivity index (χ4n) is 1.45. The van der Waals surface area contributed by atoms with Gasteiger partial charge in [0.15, 0.2) is 6.29 Å². The van der Waals surface area contributed by atoms with Crippen molar-refractivity contribution < 1.29 is 14.2 Å². The molecule has 0 aromatic rings. The standard InChI is InChI=1S/C13H26O3/c1-5-9-10-12(14-6-2)11-13(15-7-3)16-8-4/h9-10,12-13H,5-8,11H2,1-4H3/b10-9-. The van der Waals surface area contributed by atoms with Crippen LogP contribution in [-0.2, 0) is 14.2 Å². The molecule has 3 heteroatoms. The second-order valence-corrected chi connectivity index (χ2v) is 3.41. The summed E-state index contributed by atoms with van der Waals surface area (Å²) < 4.78 is 16.6. The topological polar surface area (TPSA) is 27.7 Å². The molecule has 0 aromatic heterocycles. The molecule has 0 rings (SSSR count). The molecule has 0 fully saturated rings. The van der Waals surface area contributed by atoms with Crippen molar-refractivity contribution in [2.75, 3.05) is 19.8 Å². The Bertz CT molecular complexity index is 163. The molecule has 0 N–H and O–H groups in total. The van der Waals surface area contributed by atoms with Crippen LogP contribution in [0.25, 0.3) is 0 Å². The van der Waals surface area contributed by atoms with Crippen molar-refractivity contribution in [3.05, 3.63) is 12.2 Å². The van der Waals surface area contributed by atoms with E-state index in [-0.39, 0.29) is 12.4 Å². The van der Waals surface area contributed by atoms with Gasteiger partial charge in [0.2, 0.25) is 0 Å². The van der Waals surface area contributed by atoms with Gasteiger partial charge in [-0.25, -0.2) is 0 Å². The van der Waals surface area contributed by atoms with E-state index in [4.69, 9.17) is 14.2 Å². The van der Waals surface area contributed by atoms with Crippen LogP contribution in [0.4, 0.5) is 0 Å². The van der Waals surface area contributed by atoms with Crippen LogP contribution in [0.5, 0.6) is 0 Å². The Hall–Kier alpha value is -0.380. The Balaban J connectivity index is 4.13. The molecule has 1 unspecified atom stereocenters. The lowest BCUT2D eigenvalue weighted by atomic mass is 10.2. The fraction of sp³-hybridized carbons (Fsp3) is 0.846.